The molecule has 3 heterocycles. The quantitative estimate of drug-likeness (QED) is 0.282. The van der Waals surface area contributed by atoms with Crippen LogP contribution in [0.1, 0.15) is 63.9 Å². The predicted octanol–water partition coefficient (Wildman–Crippen LogP) is 5.04. The minimum absolute atomic E-state index is 0.0499. The van der Waals surface area contributed by atoms with E-state index in [0.29, 0.717) is 54.6 Å². The Hall–Kier alpha value is -4.32. The van der Waals surface area contributed by atoms with Gasteiger partial charge in [0.25, 0.3) is 0 Å². The molecule has 0 radical (unpaired) electrons. The second kappa shape index (κ2) is 16.2. The van der Waals surface area contributed by atoms with Crippen LogP contribution in [0.3, 0.4) is 0 Å². The number of carboxylic acid groups (broad SMARTS) is 1. The highest BCUT2D eigenvalue weighted by atomic mass is 16.5. The van der Waals surface area contributed by atoms with Gasteiger partial charge in [0.15, 0.2) is 0 Å². The van der Waals surface area contributed by atoms with Crippen molar-refractivity contribution in [3.05, 3.63) is 43.0 Å². The minimum Gasteiger partial charge on any atom is -0.496 e. The van der Waals surface area contributed by atoms with Gasteiger partial charge in [-0.1, -0.05) is 38.0 Å². The maximum absolute atomic E-state index is 14.4. The number of pyridine rings is 1. The van der Waals surface area contributed by atoms with Gasteiger partial charge in [-0.05, 0) is 44.6 Å². The normalized spacial score (nSPS) is 22.2. The third-order valence-electron chi connectivity index (χ3n) is 9.52. The first-order valence-corrected chi connectivity index (χ1v) is 17.0. The van der Waals surface area contributed by atoms with Crippen LogP contribution in [0.25, 0.3) is 17.0 Å². The molecule has 0 unspecified atom stereocenters. The molecule has 260 valence electrons. The van der Waals surface area contributed by atoms with Crippen molar-refractivity contribution in [2.24, 2.45) is 5.92 Å². The highest BCUT2D eigenvalue weighted by Crippen LogP contribution is 2.37. The predicted molar refractivity (Wildman–Crippen MR) is 181 cm³/mol. The van der Waals surface area contributed by atoms with E-state index < -0.39 is 30.1 Å². The summed E-state index contributed by atoms with van der Waals surface area (Å²) in [5.41, 5.74) is 1.32. The van der Waals surface area contributed by atoms with Crippen molar-refractivity contribution in [3.8, 4) is 17.4 Å². The van der Waals surface area contributed by atoms with E-state index in [4.69, 9.17) is 18.9 Å². The number of methoxy groups -OCH3 is 1. The number of ether oxygens (including phenoxy) is 4. The first kappa shape index (κ1) is 35.0. The standard InChI is InChI=1S/C36H48N4O8/c1-5-16-47-25-14-11-15-39(21-25)36(44)38-33(24-12-9-8-10-13-24)34(41)40-22-26(18-29(40)35(42)43)48-31-20-32(46-7-3)37-28-19-30(45-4)23(6-2)17-27(28)31/h5-6,17,19-20,24-26,29,33H,1-2,7-16,18,21-22H2,3-4H3,(H,38,44)(H,42,43)/t25-,26+,29-,33-/m0/s1. The molecule has 0 bridgehead atoms. The lowest BCUT2D eigenvalue weighted by Gasteiger charge is -2.37. The number of aromatic nitrogens is 1. The van der Waals surface area contributed by atoms with Crippen LogP contribution in [0.4, 0.5) is 4.79 Å². The first-order chi connectivity index (χ1) is 23.3. The van der Waals surface area contributed by atoms with Crippen molar-refractivity contribution in [1.29, 1.82) is 0 Å². The Labute approximate surface area is 282 Å². The van der Waals surface area contributed by atoms with E-state index in [1.165, 1.54) is 4.90 Å². The second-order valence-electron chi connectivity index (χ2n) is 12.7. The number of nitrogens with zero attached hydrogens (tertiary/aromatic N) is 3. The fourth-order valence-electron chi connectivity index (χ4n) is 7.13. The summed E-state index contributed by atoms with van der Waals surface area (Å²) in [7, 11) is 1.57. The molecule has 48 heavy (non-hydrogen) atoms. The summed E-state index contributed by atoms with van der Waals surface area (Å²) in [5.74, 6) is -0.203. The molecule has 1 saturated carbocycles. The van der Waals surface area contributed by atoms with E-state index in [2.05, 4.69) is 23.5 Å². The summed E-state index contributed by atoms with van der Waals surface area (Å²) in [6, 6.07) is 3.03. The number of aliphatic carboxylic acids is 1. The van der Waals surface area contributed by atoms with Crippen LogP contribution in [-0.4, -0.2) is 102 Å². The van der Waals surface area contributed by atoms with Crippen LogP contribution in [0.15, 0.2) is 37.4 Å². The van der Waals surface area contributed by atoms with Gasteiger partial charge in [0.05, 0.1) is 38.5 Å². The molecule has 3 amide bonds. The molecule has 1 aromatic heterocycles. The van der Waals surface area contributed by atoms with Crippen molar-refractivity contribution in [2.75, 3.05) is 40.0 Å². The number of hydrogen-bond acceptors (Lipinski definition) is 8. The average Bonchev–Trinajstić information content (AvgIpc) is 3.53. The van der Waals surface area contributed by atoms with Gasteiger partial charge in [0.1, 0.15) is 29.7 Å². The van der Waals surface area contributed by atoms with E-state index in [1.54, 1.807) is 36.3 Å². The number of likely N-dealkylation sites (tertiary alicyclic amines) is 2. The number of hydrogen-bond donors (Lipinski definition) is 2. The summed E-state index contributed by atoms with van der Waals surface area (Å²) in [4.78, 5) is 48.2. The summed E-state index contributed by atoms with van der Waals surface area (Å²) in [6.45, 7) is 11.3. The number of nitrogens with one attached hydrogen (secondary N) is 1. The fourth-order valence-corrected chi connectivity index (χ4v) is 7.13. The molecule has 2 N–H and O–H groups in total. The molecule has 5 rings (SSSR count). The maximum atomic E-state index is 14.4. The average molecular weight is 665 g/mol. The highest BCUT2D eigenvalue weighted by molar-refractivity contribution is 5.92. The number of amides is 3. The lowest BCUT2D eigenvalue weighted by Crippen LogP contribution is -2.58. The molecular weight excluding hydrogens is 616 g/mol. The van der Waals surface area contributed by atoms with Crippen LogP contribution < -0.4 is 19.5 Å². The molecule has 1 aliphatic carbocycles. The number of carboxylic acids is 1. The summed E-state index contributed by atoms with van der Waals surface area (Å²) in [6.07, 6.45) is 8.89. The van der Waals surface area contributed by atoms with Crippen molar-refractivity contribution in [2.45, 2.75) is 82.6 Å². The molecule has 1 aromatic carbocycles. The number of carbonyl (C=O) groups excluding carboxylic acids is 2. The van der Waals surface area contributed by atoms with Crippen LogP contribution in [-0.2, 0) is 14.3 Å². The summed E-state index contributed by atoms with van der Waals surface area (Å²) >= 11 is 0. The molecule has 2 aliphatic heterocycles. The van der Waals surface area contributed by atoms with Gasteiger partial charge in [-0.2, -0.15) is 0 Å². The second-order valence-corrected chi connectivity index (χ2v) is 12.7. The third-order valence-corrected chi connectivity index (χ3v) is 9.52. The Kier molecular flexibility index (Phi) is 11.8. The number of urea groups is 1. The van der Waals surface area contributed by atoms with E-state index in [9.17, 15) is 19.5 Å². The SMILES string of the molecule is C=CCO[C@H]1CCCN(C(=O)N[C@H](C(=O)N2C[C@H](Oc3cc(OCC)nc4cc(OC)c(C=C)cc34)C[C@H]2C(=O)O)C2CCCCC2)C1. The Morgan fingerprint density at radius 2 is 1.85 bits per heavy atom. The molecule has 12 heteroatoms. The minimum atomic E-state index is -1.12. The van der Waals surface area contributed by atoms with Crippen molar-refractivity contribution >= 4 is 34.9 Å². The Bertz CT molecular complexity index is 1490. The van der Waals surface area contributed by atoms with Gasteiger partial charge < -0.3 is 39.2 Å². The zero-order valence-corrected chi connectivity index (χ0v) is 28.0. The number of fused-ring (bicyclic) bond motifs is 1. The zero-order chi connectivity index (χ0) is 34.2. The van der Waals surface area contributed by atoms with E-state index in [0.717, 1.165) is 50.5 Å². The number of carbonyl (C=O) groups is 3. The molecule has 4 atom stereocenters. The first-order valence-electron chi connectivity index (χ1n) is 17.0. The van der Waals surface area contributed by atoms with Gasteiger partial charge in [0, 0.05) is 42.6 Å². The largest absolute Gasteiger partial charge is 0.496 e. The number of rotatable bonds is 13. The van der Waals surface area contributed by atoms with E-state index in [-0.39, 0.29) is 31.0 Å². The summed E-state index contributed by atoms with van der Waals surface area (Å²) in [5, 5.41) is 14.0. The molecule has 0 spiro atoms. The zero-order valence-electron chi connectivity index (χ0n) is 28.0. The van der Waals surface area contributed by atoms with Gasteiger partial charge in [-0.15, -0.1) is 6.58 Å². The van der Waals surface area contributed by atoms with Crippen LogP contribution in [0, 0.1) is 5.92 Å². The van der Waals surface area contributed by atoms with Gasteiger partial charge >= 0.3 is 12.0 Å². The van der Waals surface area contributed by atoms with Gasteiger partial charge in [0.2, 0.25) is 11.8 Å². The molecular formula is C36H48N4O8. The third kappa shape index (κ3) is 8.03. The monoisotopic (exact) mass is 664 g/mol. The fraction of sp³-hybridized carbons (Fsp3) is 0.556. The topological polar surface area (TPSA) is 140 Å². The Balaban J connectivity index is 1.39. The Morgan fingerprint density at radius 1 is 1.06 bits per heavy atom. The van der Waals surface area contributed by atoms with Crippen molar-refractivity contribution in [1.82, 2.24) is 20.1 Å². The van der Waals surface area contributed by atoms with E-state index >= 15 is 0 Å². The van der Waals surface area contributed by atoms with E-state index in [1.807, 2.05) is 13.0 Å². The maximum Gasteiger partial charge on any atom is 0.326 e. The van der Waals surface area contributed by atoms with Gasteiger partial charge in [-0.25, -0.2) is 14.6 Å². The lowest BCUT2D eigenvalue weighted by atomic mass is 9.83. The molecule has 2 saturated heterocycles. The molecule has 2 aromatic rings. The van der Waals surface area contributed by atoms with Crippen LogP contribution >= 0.6 is 0 Å². The van der Waals surface area contributed by atoms with Crippen molar-refractivity contribution < 1.29 is 38.4 Å². The van der Waals surface area contributed by atoms with Crippen LogP contribution in [0.2, 0.25) is 0 Å². The van der Waals surface area contributed by atoms with Gasteiger partial charge in [-0.3, -0.25) is 4.79 Å². The molecule has 12 nitrogen and oxygen atoms in total. The number of piperidine rings is 1. The summed E-state index contributed by atoms with van der Waals surface area (Å²) < 4.78 is 23.5. The lowest BCUT2D eigenvalue weighted by molar-refractivity contribution is -0.149. The van der Waals surface area contributed by atoms with Crippen LogP contribution in [0.5, 0.6) is 17.4 Å². The van der Waals surface area contributed by atoms with Crippen molar-refractivity contribution in [3.63, 3.8) is 0 Å². The smallest absolute Gasteiger partial charge is 0.326 e. The molecule has 3 fully saturated rings. The Morgan fingerprint density at radius 3 is 2.54 bits per heavy atom. The molecule has 3 aliphatic rings. The highest BCUT2D eigenvalue weighted by Gasteiger charge is 2.45. The number of benzene rings is 1.